The van der Waals surface area contributed by atoms with Crippen molar-refractivity contribution in [2.75, 3.05) is 0 Å². The normalized spacial score (nSPS) is 17.3. The molecule has 0 atom stereocenters. The van der Waals surface area contributed by atoms with E-state index in [-0.39, 0.29) is 17.6 Å². The van der Waals surface area contributed by atoms with Crippen molar-refractivity contribution in [3.05, 3.63) is 93.9 Å². The van der Waals surface area contributed by atoms with E-state index >= 15 is 0 Å². The van der Waals surface area contributed by atoms with Crippen LogP contribution >= 0.6 is 11.6 Å². The number of imidazole rings is 1. The van der Waals surface area contributed by atoms with Crippen molar-refractivity contribution < 1.29 is 4.79 Å². The highest BCUT2D eigenvalue weighted by Gasteiger charge is 2.26. The Morgan fingerprint density at radius 3 is 2.48 bits per heavy atom. The molecule has 4 heterocycles. The number of para-hydroxylation sites is 2. The van der Waals surface area contributed by atoms with E-state index in [1.165, 1.54) is 0 Å². The highest BCUT2D eigenvalue weighted by molar-refractivity contribution is 6.30. The minimum absolute atomic E-state index is 0.0760. The number of carbonyl (C=O) groups is 1. The lowest BCUT2D eigenvalue weighted by molar-refractivity contribution is 0.0919. The third kappa shape index (κ3) is 5.04. The van der Waals surface area contributed by atoms with Crippen LogP contribution in [0.3, 0.4) is 0 Å². The summed E-state index contributed by atoms with van der Waals surface area (Å²) in [6, 6.07) is 15.4. The van der Waals surface area contributed by atoms with E-state index < -0.39 is 0 Å². The minimum atomic E-state index is -0.141. The Kier molecular flexibility index (Phi) is 6.98. The first kappa shape index (κ1) is 26.0. The molecule has 1 aliphatic rings. The standard InChI is InChI=1S/C30H30ClN7O2/c1-19-24(15-21(31)16-32-19)29(39)34-22-9-7-20(8-10-22)18-37-27-5-3-4-6-28(27)38(30(37)40)23-11-12-25(33-17-23)26-13-14-36(2)35-26/h3-6,11-17,20,22H,7-10,18H2,1-2H3,(H,34,39)/t20-,22-. The topological polar surface area (TPSA) is 99.6 Å². The van der Waals surface area contributed by atoms with Crippen molar-refractivity contribution >= 4 is 28.5 Å². The van der Waals surface area contributed by atoms with Gasteiger partial charge in [-0.3, -0.25) is 28.6 Å². The molecular weight excluding hydrogens is 526 g/mol. The van der Waals surface area contributed by atoms with Gasteiger partial charge in [-0.15, -0.1) is 0 Å². The van der Waals surface area contributed by atoms with Crippen LogP contribution in [0.15, 0.2) is 71.9 Å². The molecule has 1 saturated carbocycles. The second-order valence-corrected chi connectivity index (χ2v) is 10.9. The van der Waals surface area contributed by atoms with Crippen molar-refractivity contribution in [3.8, 4) is 17.1 Å². The van der Waals surface area contributed by atoms with Crippen molar-refractivity contribution in [2.45, 2.75) is 45.2 Å². The first-order valence-corrected chi connectivity index (χ1v) is 13.8. The van der Waals surface area contributed by atoms with Gasteiger partial charge in [0.2, 0.25) is 0 Å². The number of amides is 1. The van der Waals surface area contributed by atoms with E-state index in [1.54, 1.807) is 34.6 Å². The van der Waals surface area contributed by atoms with Crippen LogP contribution in [0.4, 0.5) is 0 Å². The number of carbonyl (C=O) groups excluding carboxylic acids is 1. The molecule has 1 aromatic carbocycles. The number of benzene rings is 1. The van der Waals surface area contributed by atoms with E-state index in [0.29, 0.717) is 28.7 Å². The number of fused-ring (bicyclic) bond motifs is 1. The van der Waals surface area contributed by atoms with Crippen LogP contribution < -0.4 is 11.0 Å². The van der Waals surface area contributed by atoms with Gasteiger partial charge in [0.05, 0.1) is 44.9 Å². The SMILES string of the molecule is Cc1ncc(Cl)cc1C(=O)N[C@H]1CC[C@H](Cn2c(=O)n(-c3ccc(-c4ccn(C)n4)nc3)c3ccccc32)CC1. The Bertz CT molecular complexity index is 1740. The van der Waals surface area contributed by atoms with E-state index in [1.807, 2.05) is 60.3 Å². The van der Waals surface area contributed by atoms with Gasteiger partial charge in [0, 0.05) is 32.0 Å². The maximum atomic E-state index is 13.8. The van der Waals surface area contributed by atoms with Gasteiger partial charge in [-0.2, -0.15) is 5.10 Å². The third-order valence-corrected chi connectivity index (χ3v) is 7.95. The summed E-state index contributed by atoms with van der Waals surface area (Å²) in [5, 5.41) is 8.01. The second-order valence-electron chi connectivity index (χ2n) is 10.5. The molecule has 0 unspecified atom stereocenters. The zero-order chi connectivity index (χ0) is 27.8. The molecule has 0 saturated heterocycles. The highest BCUT2D eigenvalue weighted by atomic mass is 35.5. The Balaban J connectivity index is 1.18. The number of hydrogen-bond acceptors (Lipinski definition) is 5. The average Bonchev–Trinajstić information content (AvgIpc) is 3.52. The maximum Gasteiger partial charge on any atom is 0.333 e. The predicted molar refractivity (Wildman–Crippen MR) is 155 cm³/mol. The summed E-state index contributed by atoms with van der Waals surface area (Å²) in [6.45, 7) is 2.44. The molecule has 5 aromatic rings. The summed E-state index contributed by atoms with van der Waals surface area (Å²) in [5.41, 5.74) is 5.11. The lowest BCUT2D eigenvalue weighted by Gasteiger charge is -2.29. The molecular formula is C30H30ClN7O2. The number of aryl methyl sites for hydroxylation is 2. The van der Waals surface area contributed by atoms with Gasteiger partial charge in [-0.25, -0.2) is 4.79 Å². The van der Waals surface area contributed by atoms with Crippen LogP contribution in [0, 0.1) is 12.8 Å². The fourth-order valence-electron chi connectivity index (χ4n) is 5.60. The van der Waals surface area contributed by atoms with E-state index in [9.17, 15) is 9.59 Å². The third-order valence-electron chi connectivity index (χ3n) is 7.74. The summed E-state index contributed by atoms with van der Waals surface area (Å²) >= 11 is 6.05. The van der Waals surface area contributed by atoms with Gasteiger partial charge in [-0.1, -0.05) is 23.7 Å². The van der Waals surface area contributed by atoms with E-state index in [4.69, 9.17) is 11.6 Å². The quantitative estimate of drug-likeness (QED) is 0.320. The molecule has 1 fully saturated rings. The molecule has 10 heteroatoms. The van der Waals surface area contributed by atoms with Gasteiger partial charge < -0.3 is 5.32 Å². The zero-order valence-electron chi connectivity index (χ0n) is 22.4. The Morgan fingerprint density at radius 2 is 1.77 bits per heavy atom. The molecule has 6 rings (SSSR count). The summed E-state index contributed by atoms with van der Waals surface area (Å²) in [7, 11) is 1.87. The molecule has 204 valence electrons. The fraction of sp³-hybridized carbons (Fsp3) is 0.300. The summed E-state index contributed by atoms with van der Waals surface area (Å²) in [6.07, 6.45) is 8.71. The molecule has 0 bridgehead atoms. The number of rotatable bonds is 6. The Labute approximate surface area is 236 Å². The molecule has 0 spiro atoms. The Morgan fingerprint density at radius 1 is 1.00 bits per heavy atom. The van der Waals surface area contributed by atoms with E-state index in [2.05, 4.69) is 20.4 Å². The van der Waals surface area contributed by atoms with Crippen LogP contribution in [-0.2, 0) is 13.6 Å². The maximum absolute atomic E-state index is 13.8. The Hall–Kier alpha value is -4.24. The van der Waals surface area contributed by atoms with Crippen LogP contribution in [-0.4, -0.2) is 40.8 Å². The molecule has 1 N–H and O–H groups in total. The number of aromatic nitrogens is 6. The number of nitrogens with one attached hydrogen (secondary N) is 1. The van der Waals surface area contributed by atoms with E-state index in [0.717, 1.165) is 53.8 Å². The first-order valence-electron chi connectivity index (χ1n) is 13.5. The predicted octanol–water partition coefficient (Wildman–Crippen LogP) is 4.93. The average molecular weight is 556 g/mol. The molecule has 0 radical (unpaired) electrons. The lowest BCUT2D eigenvalue weighted by atomic mass is 9.85. The summed E-state index contributed by atoms with van der Waals surface area (Å²) < 4.78 is 5.35. The van der Waals surface area contributed by atoms with Gasteiger partial charge in [-0.05, 0) is 74.9 Å². The molecule has 1 aliphatic carbocycles. The van der Waals surface area contributed by atoms with Crippen LogP contribution in [0.1, 0.15) is 41.7 Å². The van der Waals surface area contributed by atoms with Gasteiger partial charge in [0.15, 0.2) is 0 Å². The zero-order valence-corrected chi connectivity index (χ0v) is 23.2. The largest absolute Gasteiger partial charge is 0.349 e. The van der Waals surface area contributed by atoms with Crippen LogP contribution in [0.25, 0.3) is 28.1 Å². The molecule has 40 heavy (non-hydrogen) atoms. The summed E-state index contributed by atoms with van der Waals surface area (Å²) in [5.74, 6) is 0.197. The van der Waals surface area contributed by atoms with Crippen molar-refractivity contribution in [1.29, 1.82) is 0 Å². The van der Waals surface area contributed by atoms with Crippen molar-refractivity contribution in [2.24, 2.45) is 13.0 Å². The second kappa shape index (κ2) is 10.7. The molecule has 9 nitrogen and oxygen atoms in total. The van der Waals surface area contributed by atoms with Gasteiger partial charge in [0.1, 0.15) is 5.69 Å². The van der Waals surface area contributed by atoms with Gasteiger partial charge >= 0.3 is 5.69 Å². The monoisotopic (exact) mass is 555 g/mol. The van der Waals surface area contributed by atoms with Crippen LogP contribution in [0.2, 0.25) is 5.02 Å². The van der Waals surface area contributed by atoms with Crippen molar-refractivity contribution in [1.82, 2.24) is 34.2 Å². The fourth-order valence-corrected chi connectivity index (χ4v) is 5.76. The lowest BCUT2D eigenvalue weighted by Crippen LogP contribution is -2.39. The smallest absolute Gasteiger partial charge is 0.333 e. The number of hydrogen-bond donors (Lipinski definition) is 1. The van der Waals surface area contributed by atoms with Gasteiger partial charge in [0.25, 0.3) is 5.91 Å². The number of nitrogens with zero attached hydrogens (tertiary/aromatic N) is 6. The highest BCUT2D eigenvalue weighted by Crippen LogP contribution is 2.28. The molecule has 4 aromatic heterocycles. The number of halogens is 1. The van der Waals surface area contributed by atoms with Crippen molar-refractivity contribution in [3.63, 3.8) is 0 Å². The molecule has 0 aliphatic heterocycles. The molecule has 1 amide bonds. The van der Waals surface area contributed by atoms with Crippen LogP contribution in [0.5, 0.6) is 0 Å². The first-order chi connectivity index (χ1) is 19.4. The minimum Gasteiger partial charge on any atom is -0.349 e. The number of pyridine rings is 2. The summed E-state index contributed by atoms with van der Waals surface area (Å²) in [4.78, 5) is 35.4.